The van der Waals surface area contributed by atoms with Gasteiger partial charge in [0.25, 0.3) is 5.69 Å². The number of nitrogens with zero attached hydrogens (tertiary/aromatic N) is 2. The summed E-state index contributed by atoms with van der Waals surface area (Å²) in [6, 6.07) is 4.72. The lowest BCUT2D eigenvalue weighted by molar-refractivity contribution is -0.384. The molecule has 1 fully saturated rings. The maximum atomic E-state index is 11.3. The lowest BCUT2D eigenvalue weighted by Crippen LogP contribution is -2.39. The van der Waals surface area contributed by atoms with Crippen molar-refractivity contribution in [3.63, 3.8) is 0 Å². The summed E-state index contributed by atoms with van der Waals surface area (Å²) in [5.74, 6) is 0. The van der Waals surface area contributed by atoms with Gasteiger partial charge in [-0.15, -0.1) is 0 Å². The number of likely N-dealkylation sites (N-methyl/N-ethyl adjacent to an activating group) is 1. The normalized spacial score (nSPS) is 18.5. The van der Waals surface area contributed by atoms with Gasteiger partial charge >= 0.3 is 0 Å². The molecule has 0 radical (unpaired) electrons. The van der Waals surface area contributed by atoms with Crippen molar-refractivity contribution in [2.24, 2.45) is 0 Å². The summed E-state index contributed by atoms with van der Waals surface area (Å²) in [5, 5.41) is 31.3. The summed E-state index contributed by atoms with van der Waals surface area (Å²) >= 11 is 0. The first-order valence-corrected chi connectivity index (χ1v) is 7.22. The van der Waals surface area contributed by atoms with E-state index < -0.39 is 16.6 Å². The van der Waals surface area contributed by atoms with Crippen LogP contribution >= 0.6 is 0 Å². The molecule has 21 heavy (non-hydrogen) atoms. The minimum atomic E-state index is -0.758. The van der Waals surface area contributed by atoms with Crippen molar-refractivity contribution in [3.05, 3.63) is 33.9 Å². The van der Waals surface area contributed by atoms with Gasteiger partial charge in [0.15, 0.2) is 0 Å². The molecular weight excluding hydrogens is 272 g/mol. The smallest absolute Gasteiger partial charge is 0.292 e. The highest BCUT2D eigenvalue weighted by Gasteiger charge is 2.33. The molecule has 2 N–H and O–H groups in total. The second kappa shape index (κ2) is 5.99. The molecule has 6 nitrogen and oxygen atoms in total. The molecule has 1 saturated carbocycles. The number of benzene rings is 1. The second-order valence-electron chi connectivity index (χ2n) is 5.97. The van der Waals surface area contributed by atoms with Crippen LogP contribution in [0.3, 0.4) is 0 Å². The van der Waals surface area contributed by atoms with Crippen LogP contribution in [0, 0.1) is 10.1 Å². The van der Waals surface area contributed by atoms with E-state index in [1.54, 1.807) is 31.0 Å². The first kappa shape index (κ1) is 15.7. The number of nitro groups is 1. The Bertz CT molecular complexity index is 524. The Morgan fingerprint density at radius 2 is 2.05 bits per heavy atom. The molecule has 0 aromatic heterocycles. The largest absolute Gasteiger partial charge is 0.389 e. The van der Waals surface area contributed by atoms with Crippen LogP contribution in [0.1, 0.15) is 44.3 Å². The fourth-order valence-electron chi connectivity index (χ4n) is 2.99. The van der Waals surface area contributed by atoms with Gasteiger partial charge in [-0.05, 0) is 31.4 Å². The Labute approximate surface area is 124 Å². The molecule has 0 amide bonds. The van der Waals surface area contributed by atoms with E-state index in [0.29, 0.717) is 17.8 Å². The van der Waals surface area contributed by atoms with Crippen LogP contribution in [0.5, 0.6) is 0 Å². The van der Waals surface area contributed by atoms with E-state index in [2.05, 4.69) is 0 Å². The quantitative estimate of drug-likeness (QED) is 0.643. The molecule has 1 aromatic carbocycles. The molecule has 0 saturated heterocycles. The van der Waals surface area contributed by atoms with Crippen molar-refractivity contribution < 1.29 is 15.1 Å². The molecule has 1 aliphatic rings. The van der Waals surface area contributed by atoms with E-state index in [0.717, 1.165) is 25.7 Å². The van der Waals surface area contributed by atoms with Gasteiger partial charge < -0.3 is 15.1 Å². The van der Waals surface area contributed by atoms with Gasteiger partial charge in [-0.2, -0.15) is 0 Å². The standard InChI is InChI=1S/C15H22N2O4/c1-11(18)12-5-6-13(14(9-12)17(20)21)16(2)10-15(19)7-3-4-8-15/h5-6,9,11,18-19H,3-4,7-8,10H2,1-2H3/t11-/m0/s1. The van der Waals surface area contributed by atoms with Crippen molar-refractivity contribution >= 4 is 11.4 Å². The number of anilines is 1. The summed E-state index contributed by atoms with van der Waals surface area (Å²) in [7, 11) is 1.75. The molecule has 6 heteroatoms. The minimum absolute atomic E-state index is 0.0440. The molecule has 0 bridgehead atoms. The van der Waals surface area contributed by atoms with Gasteiger partial charge in [-0.1, -0.05) is 18.9 Å². The molecule has 0 spiro atoms. The van der Waals surface area contributed by atoms with E-state index in [1.165, 1.54) is 6.07 Å². The Morgan fingerprint density at radius 3 is 2.57 bits per heavy atom. The molecule has 0 heterocycles. The molecule has 2 rings (SSSR count). The highest BCUT2D eigenvalue weighted by atomic mass is 16.6. The molecule has 116 valence electrons. The summed E-state index contributed by atoms with van der Waals surface area (Å²) in [6.07, 6.45) is 2.70. The van der Waals surface area contributed by atoms with Gasteiger partial charge in [0.05, 0.1) is 16.6 Å². The second-order valence-corrected chi connectivity index (χ2v) is 5.97. The van der Waals surface area contributed by atoms with Crippen LogP contribution < -0.4 is 4.90 Å². The van der Waals surface area contributed by atoms with Gasteiger partial charge in [-0.25, -0.2) is 0 Å². The number of aliphatic hydroxyl groups is 2. The maximum absolute atomic E-state index is 11.3. The average molecular weight is 294 g/mol. The number of hydrogen-bond acceptors (Lipinski definition) is 5. The van der Waals surface area contributed by atoms with Crippen molar-refractivity contribution in [2.45, 2.75) is 44.3 Å². The fraction of sp³-hybridized carbons (Fsp3) is 0.600. The molecule has 0 unspecified atom stereocenters. The Kier molecular flexibility index (Phi) is 4.49. The Morgan fingerprint density at radius 1 is 1.43 bits per heavy atom. The van der Waals surface area contributed by atoms with Crippen LogP contribution in [0.15, 0.2) is 18.2 Å². The molecule has 0 aliphatic heterocycles. The Hall–Kier alpha value is -1.66. The zero-order valence-electron chi connectivity index (χ0n) is 12.5. The first-order chi connectivity index (χ1) is 9.82. The molecular formula is C15H22N2O4. The average Bonchev–Trinajstić information content (AvgIpc) is 2.84. The van der Waals surface area contributed by atoms with E-state index in [4.69, 9.17) is 0 Å². The van der Waals surface area contributed by atoms with Crippen molar-refractivity contribution in [1.82, 2.24) is 0 Å². The number of nitro benzene ring substituents is 1. The van der Waals surface area contributed by atoms with E-state index in [9.17, 15) is 20.3 Å². The Balaban J connectivity index is 2.27. The lowest BCUT2D eigenvalue weighted by Gasteiger charge is -2.29. The monoisotopic (exact) mass is 294 g/mol. The third kappa shape index (κ3) is 3.51. The van der Waals surface area contributed by atoms with Gasteiger partial charge in [0.2, 0.25) is 0 Å². The van der Waals surface area contributed by atoms with E-state index in [1.807, 2.05) is 0 Å². The van der Waals surface area contributed by atoms with Crippen LogP contribution in [-0.4, -0.2) is 34.3 Å². The predicted molar refractivity (Wildman–Crippen MR) is 80.4 cm³/mol. The zero-order valence-corrected chi connectivity index (χ0v) is 12.5. The van der Waals surface area contributed by atoms with Crippen LogP contribution in [0.2, 0.25) is 0 Å². The molecule has 1 atom stereocenters. The third-order valence-electron chi connectivity index (χ3n) is 4.16. The predicted octanol–water partition coefficient (Wildman–Crippen LogP) is 2.39. The zero-order chi connectivity index (χ0) is 15.6. The summed E-state index contributed by atoms with van der Waals surface area (Å²) in [5.41, 5.74) is 0.173. The van der Waals surface area contributed by atoms with Gasteiger partial charge in [0, 0.05) is 19.7 Å². The van der Waals surface area contributed by atoms with Crippen molar-refractivity contribution in [3.8, 4) is 0 Å². The first-order valence-electron chi connectivity index (χ1n) is 7.22. The lowest BCUT2D eigenvalue weighted by atomic mass is 10.0. The van der Waals surface area contributed by atoms with Crippen LogP contribution in [0.4, 0.5) is 11.4 Å². The summed E-state index contributed by atoms with van der Waals surface area (Å²) < 4.78 is 0. The van der Waals surface area contributed by atoms with E-state index in [-0.39, 0.29) is 5.69 Å². The third-order valence-corrected chi connectivity index (χ3v) is 4.16. The highest BCUT2D eigenvalue weighted by Crippen LogP contribution is 2.35. The van der Waals surface area contributed by atoms with Gasteiger partial charge in [-0.3, -0.25) is 10.1 Å². The van der Waals surface area contributed by atoms with Crippen LogP contribution in [0.25, 0.3) is 0 Å². The topological polar surface area (TPSA) is 86.8 Å². The van der Waals surface area contributed by atoms with Crippen molar-refractivity contribution in [2.75, 3.05) is 18.5 Å². The SMILES string of the molecule is C[C@H](O)c1ccc(N(C)CC2(O)CCCC2)c([N+](=O)[O-])c1. The number of rotatable bonds is 5. The molecule has 1 aromatic rings. The number of hydrogen-bond donors (Lipinski definition) is 2. The van der Waals surface area contributed by atoms with Gasteiger partial charge in [0.1, 0.15) is 5.69 Å². The highest BCUT2D eigenvalue weighted by molar-refractivity contribution is 5.64. The summed E-state index contributed by atoms with van der Waals surface area (Å²) in [6.45, 7) is 1.95. The van der Waals surface area contributed by atoms with Crippen molar-refractivity contribution in [1.29, 1.82) is 0 Å². The van der Waals surface area contributed by atoms with Crippen LogP contribution in [-0.2, 0) is 0 Å². The summed E-state index contributed by atoms with van der Waals surface area (Å²) in [4.78, 5) is 12.5. The fourth-order valence-corrected chi connectivity index (χ4v) is 2.99. The maximum Gasteiger partial charge on any atom is 0.292 e. The molecule has 1 aliphatic carbocycles. The minimum Gasteiger partial charge on any atom is -0.389 e. The number of aliphatic hydroxyl groups excluding tert-OH is 1. The van der Waals surface area contributed by atoms with E-state index >= 15 is 0 Å².